The predicted octanol–water partition coefficient (Wildman–Crippen LogP) is 2.23. The van der Waals surface area contributed by atoms with Crippen LogP contribution >= 0.6 is 0 Å². The van der Waals surface area contributed by atoms with Gasteiger partial charge in [-0.1, -0.05) is 6.92 Å². The first-order valence-corrected chi connectivity index (χ1v) is 9.50. The second kappa shape index (κ2) is 9.48. The van der Waals surface area contributed by atoms with Gasteiger partial charge in [0, 0.05) is 19.7 Å². The highest BCUT2D eigenvalue weighted by atomic mass is 16.5. The molecule has 0 aromatic carbocycles. The first-order chi connectivity index (χ1) is 11.1. The van der Waals surface area contributed by atoms with Crippen molar-refractivity contribution in [1.29, 1.82) is 0 Å². The van der Waals surface area contributed by atoms with E-state index in [1.807, 2.05) is 0 Å². The van der Waals surface area contributed by atoms with E-state index in [1.54, 1.807) is 0 Å². The van der Waals surface area contributed by atoms with E-state index in [1.165, 1.54) is 38.9 Å². The van der Waals surface area contributed by atoms with E-state index in [0.29, 0.717) is 0 Å². The molecule has 2 aliphatic rings. The minimum Gasteiger partial charge on any atom is -0.373 e. The molecule has 2 fully saturated rings. The monoisotopic (exact) mass is 324 g/mol. The zero-order valence-electron chi connectivity index (χ0n) is 15.4. The van der Waals surface area contributed by atoms with E-state index in [-0.39, 0.29) is 5.60 Å². The molecule has 2 saturated heterocycles. The summed E-state index contributed by atoms with van der Waals surface area (Å²) in [6, 6.07) is 0. The molecular formula is C18H36N4O. The van der Waals surface area contributed by atoms with E-state index in [9.17, 15) is 0 Å². The number of hydrogen-bond acceptors (Lipinski definition) is 3. The van der Waals surface area contributed by atoms with E-state index in [0.717, 1.165) is 51.0 Å². The van der Waals surface area contributed by atoms with Gasteiger partial charge in [0.2, 0.25) is 0 Å². The first-order valence-electron chi connectivity index (χ1n) is 9.50. The van der Waals surface area contributed by atoms with Crippen LogP contribution < -0.4 is 10.6 Å². The van der Waals surface area contributed by atoms with E-state index >= 15 is 0 Å². The summed E-state index contributed by atoms with van der Waals surface area (Å²) >= 11 is 0. The van der Waals surface area contributed by atoms with Crippen LogP contribution in [-0.2, 0) is 4.74 Å². The van der Waals surface area contributed by atoms with Gasteiger partial charge in [0.1, 0.15) is 0 Å². The van der Waals surface area contributed by atoms with Crippen molar-refractivity contribution in [3.63, 3.8) is 0 Å². The van der Waals surface area contributed by atoms with Gasteiger partial charge in [0.25, 0.3) is 0 Å². The Morgan fingerprint density at radius 1 is 1.30 bits per heavy atom. The summed E-state index contributed by atoms with van der Waals surface area (Å²) in [4.78, 5) is 7.31. The normalized spacial score (nSPS) is 27.3. The molecule has 0 saturated carbocycles. The maximum absolute atomic E-state index is 5.81. The molecule has 23 heavy (non-hydrogen) atoms. The van der Waals surface area contributed by atoms with Crippen molar-refractivity contribution in [1.82, 2.24) is 15.5 Å². The van der Waals surface area contributed by atoms with E-state index in [2.05, 4.69) is 36.3 Å². The molecule has 0 aliphatic carbocycles. The Kier molecular flexibility index (Phi) is 7.63. The topological polar surface area (TPSA) is 48.9 Å². The van der Waals surface area contributed by atoms with E-state index < -0.39 is 0 Å². The molecule has 2 heterocycles. The van der Waals surface area contributed by atoms with Crippen LogP contribution in [0, 0.1) is 5.92 Å². The highest BCUT2D eigenvalue weighted by molar-refractivity contribution is 5.79. The lowest BCUT2D eigenvalue weighted by Crippen LogP contribution is -2.41. The van der Waals surface area contributed by atoms with Crippen LogP contribution in [-0.4, -0.2) is 62.3 Å². The van der Waals surface area contributed by atoms with Crippen LogP contribution in [0.4, 0.5) is 0 Å². The van der Waals surface area contributed by atoms with Crippen LogP contribution in [0.2, 0.25) is 0 Å². The standard InChI is InChI=1S/C18H36N4O/c1-4-19-17(21-15-18(3)9-5-14-23-18)20-10-6-11-22-12-7-16(2)8-13-22/h16H,4-15H2,1-3H3,(H2,19,20,21). The van der Waals surface area contributed by atoms with Crippen LogP contribution in [0.25, 0.3) is 0 Å². The zero-order chi connectivity index (χ0) is 16.5. The van der Waals surface area contributed by atoms with Crippen LogP contribution in [0.3, 0.4) is 0 Å². The summed E-state index contributed by atoms with van der Waals surface area (Å²) in [5.41, 5.74) is -0.0627. The van der Waals surface area contributed by atoms with Gasteiger partial charge in [-0.25, -0.2) is 0 Å². The van der Waals surface area contributed by atoms with Gasteiger partial charge in [-0.2, -0.15) is 0 Å². The molecule has 5 heteroatoms. The Bertz CT molecular complexity index is 358. The Morgan fingerprint density at radius 3 is 2.74 bits per heavy atom. The van der Waals surface area contributed by atoms with Gasteiger partial charge in [-0.15, -0.1) is 0 Å². The lowest BCUT2D eigenvalue weighted by Gasteiger charge is -2.30. The zero-order valence-corrected chi connectivity index (χ0v) is 15.4. The Morgan fingerprint density at radius 2 is 2.09 bits per heavy atom. The quantitative estimate of drug-likeness (QED) is 0.428. The third-order valence-electron chi connectivity index (χ3n) is 5.04. The molecule has 134 valence electrons. The highest BCUT2D eigenvalue weighted by Gasteiger charge is 2.29. The van der Waals surface area contributed by atoms with Crippen molar-refractivity contribution in [2.75, 3.05) is 45.9 Å². The number of aliphatic imine (C=N–C) groups is 1. The Labute approximate surface area is 142 Å². The molecule has 0 aromatic rings. The van der Waals surface area contributed by atoms with Gasteiger partial charge in [-0.3, -0.25) is 4.99 Å². The average molecular weight is 325 g/mol. The second-order valence-corrected chi connectivity index (χ2v) is 7.40. The minimum absolute atomic E-state index is 0.0627. The molecule has 0 aromatic heterocycles. The summed E-state index contributed by atoms with van der Waals surface area (Å²) in [5.74, 6) is 1.84. The minimum atomic E-state index is -0.0627. The summed E-state index contributed by atoms with van der Waals surface area (Å²) < 4.78 is 5.81. The SMILES string of the molecule is CCNC(=NCC1(C)CCCO1)NCCCN1CCC(C)CC1. The molecule has 0 radical (unpaired) electrons. The molecule has 5 nitrogen and oxygen atoms in total. The fourth-order valence-corrected chi connectivity index (χ4v) is 3.34. The van der Waals surface area contributed by atoms with Gasteiger partial charge < -0.3 is 20.3 Å². The number of guanidine groups is 1. The average Bonchev–Trinajstić information content (AvgIpc) is 2.98. The third kappa shape index (κ3) is 6.68. The summed E-state index contributed by atoms with van der Waals surface area (Å²) in [6.07, 6.45) is 6.16. The molecular weight excluding hydrogens is 288 g/mol. The maximum atomic E-state index is 5.81. The number of piperidine rings is 1. The van der Waals surface area contributed by atoms with Crippen molar-refractivity contribution in [2.45, 2.75) is 58.5 Å². The van der Waals surface area contributed by atoms with E-state index in [4.69, 9.17) is 9.73 Å². The molecule has 0 bridgehead atoms. The van der Waals surface area contributed by atoms with Gasteiger partial charge in [0.05, 0.1) is 12.1 Å². The molecule has 2 N–H and O–H groups in total. The fraction of sp³-hybridized carbons (Fsp3) is 0.944. The molecule has 1 atom stereocenters. The first kappa shape index (κ1) is 18.5. The van der Waals surface area contributed by atoms with Crippen LogP contribution in [0.5, 0.6) is 0 Å². The number of ether oxygens (including phenoxy) is 1. The largest absolute Gasteiger partial charge is 0.373 e. The van der Waals surface area contributed by atoms with Gasteiger partial charge >= 0.3 is 0 Å². The Hall–Kier alpha value is -0.810. The van der Waals surface area contributed by atoms with Crippen molar-refractivity contribution in [2.24, 2.45) is 10.9 Å². The molecule has 0 amide bonds. The molecule has 2 rings (SSSR count). The number of likely N-dealkylation sites (tertiary alicyclic amines) is 1. The number of hydrogen-bond donors (Lipinski definition) is 2. The van der Waals surface area contributed by atoms with Crippen molar-refractivity contribution in [3.8, 4) is 0 Å². The smallest absolute Gasteiger partial charge is 0.191 e. The number of nitrogens with zero attached hydrogens (tertiary/aromatic N) is 2. The molecule has 0 spiro atoms. The lowest BCUT2D eigenvalue weighted by molar-refractivity contribution is 0.0283. The number of nitrogens with one attached hydrogen (secondary N) is 2. The van der Waals surface area contributed by atoms with Crippen molar-refractivity contribution in [3.05, 3.63) is 0 Å². The lowest BCUT2D eigenvalue weighted by atomic mass is 9.99. The predicted molar refractivity (Wildman–Crippen MR) is 97.0 cm³/mol. The fourth-order valence-electron chi connectivity index (χ4n) is 3.34. The van der Waals surface area contributed by atoms with Gasteiger partial charge in [-0.05, 0) is 71.5 Å². The summed E-state index contributed by atoms with van der Waals surface area (Å²) in [5, 5.41) is 6.80. The summed E-state index contributed by atoms with van der Waals surface area (Å²) in [6.45, 7) is 13.9. The van der Waals surface area contributed by atoms with Crippen LogP contribution in [0.1, 0.15) is 52.9 Å². The third-order valence-corrected chi connectivity index (χ3v) is 5.04. The number of rotatable bonds is 7. The Balaban J connectivity index is 1.65. The highest BCUT2D eigenvalue weighted by Crippen LogP contribution is 2.24. The van der Waals surface area contributed by atoms with Crippen LogP contribution in [0.15, 0.2) is 4.99 Å². The van der Waals surface area contributed by atoms with Crippen molar-refractivity contribution >= 4 is 5.96 Å². The maximum Gasteiger partial charge on any atom is 0.191 e. The van der Waals surface area contributed by atoms with Crippen molar-refractivity contribution < 1.29 is 4.74 Å². The molecule has 1 unspecified atom stereocenters. The van der Waals surface area contributed by atoms with Gasteiger partial charge in [0.15, 0.2) is 5.96 Å². The molecule has 2 aliphatic heterocycles. The second-order valence-electron chi connectivity index (χ2n) is 7.40. The summed E-state index contributed by atoms with van der Waals surface area (Å²) in [7, 11) is 0.